The van der Waals surface area contributed by atoms with Crippen LogP contribution in [0.3, 0.4) is 0 Å². The predicted molar refractivity (Wildman–Crippen MR) is 44.9 cm³/mol. The average molecular weight is 199 g/mol. The van der Waals surface area contributed by atoms with E-state index in [-0.39, 0.29) is 13.2 Å². The van der Waals surface area contributed by atoms with Crippen molar-refractivity contribution in [1.29, 1.82) is 0 Å². The van der Waals surface area contributed by atoms with Gasteiger partial charge in [0.15, 0.2) is 0 Å². The standard InChI is InChI=1S/C4H9NO4S2/c6-1-3-10-11-4-2-9-5(7)8/h6H,1-4H2. The van der Waals surface area contributed by atoms with Gasteiger partial charge in [-0.2, -0.15) is 0 Å². The second-order valence-corrected chi connectivity index (χ2v) is 4.13. The molecular weight excluding hydrogens is 190 g/mol. The highest BCUT2D eigenvalue weighted by atomic mass is 33.1. The zero-order valence-corrected chi connectivity index (χ0v) is 7.40. The summed E-state index contributed by atoms with van der Waals surface area (Å²) in [5.41, 5.74) is 0. The molecule has 0 aliphatic carbocycles. The van der Waals surface area contributed by atoms with Gasteiger partial charge in [-0.25, -0.2) is 0 Å². The van der Waals surface area contributed by atoms with Crippen LogP contribution in [0.4, 0.5) is 0 Å². The highest BCUT2D eigenvalue weighted by Gasteiger charge is 1.94. The van der Waals surface area contributed by atoms with Gasteiger partial charge in [-0.05, 0) is 0 Å². The first-order valence-electron chi connectivity index (χ1n) is 2.90. The highest BCUT2D eigenvalue weighted by Crippen LogP contribution is 2.19. The molecule has 0 atom stereocenters. The zero-order chi connectivity index (χ0) is 8.53. The Morgan fingerprint density at radius 1 is 1.45 bits per heavy atom. The van der Waals surface area contributed by atoms with E-state index in [2.05, 4.69) is 4.84 Å². The van der Waals surface area contributed by atoms with Crippen molar-refractivity contribution < 1.29 is 15.0 Å². The van der Waals surface area contributed by atoms with Crippen LogP contribution in [-0.4, -0.2) is 34.9 Å². The minimum absolute atomic E-state index is 0.107. The van der Waals surface area contributed by atoms with Crippen LogP contribution >= 0.6 is 21.6 Å². The van der Waals surface area contributed by atoms with E-state index >= 15 is 0 Å². The normalized spacial score (nSPS) is 9.55. The van der Waals surface area contributed by atoms with Crippen LogP contribution in [0.2, 0.25) is 0 Å². The van der Waals surface area contributed by atoms with E-state index in [0.29, 0.717) is 11.5 Å². The number of rotatable bonds is 7. The van der Waals surface area contributed by atoms with E-state index in [1.165, 1.54) is 21.6 Å². The number of aliphatic hydroxyl groups is 1. The lowest BCUT2D eigenvalue weighted by atomic mass is 10.9. The molecule has 0 unspecified atom stereocenters. The Morgan fingerprint density at radius 2 is 2.09 bits per heavy atom. The first kappa shape index (κ1) is 10.9. The van der Waals surface area contributed by atoms with Crippen LogP contribution in [0, 0.1) is 10.1 Å². The maximum Gasteiger partial charge on any atom is 0.294 e. The molecule has 66 valence electrons. The first-order chi connectivity index (χ1) is 5.27. The minimum Gasteiger partial charge on any atom is -0.395 e. The van der Waals surface area contributed by atoms with Gasteiger partial charge in [-0.15, -0.1) is 10.1 Å². The molecule has 0 saturated carbocycles. The summed E-state index contributed by atoms with van der Waals surface area (Å²) >= 11 is 0. The lowest BCUT2D eigenvalue weighted by Crippen LogP contribution is -2.03. The van der Waals surface area contributed by atoms with Crippen molar-refractivity contribution in [2.24, 2.45) is 0 Å². The van der Waals surface area contributed by atoms with Crippen molar-refractivity contribution in [3.63, 3.8) is 0 Å². The summed E-state index contributed by atoms with van der Waals surface area (Å²) in [6.45, 7) is 0.240. The molecule has 1 N–H and O–H groups in total. The van der Waals surface area contributed by atoms with Crippen molar-refractivity contribution in [3.05, 3.63) is 10.1 Å². The molecule has 0 aromatic carbocycles. The minimum atomic E-state index is -0.808. The Bertz CT molecular complexity index is 112. The first-order valence-corrected chi connectivity index (χ1v) is 5.38. The van der Waals surface area contributed by atoms with Crippen LogP contribution in [-0.2, 0) is 4.84 Å². The molecule has 7 heteroatoms. The molecule has 0 saturated heterocycles. The average Bonchev–Trinajstić information content (AvgIpc) is 1.96. The lowest BCUT2D eigenvalue weighted by molar-refractivity contribution is -0.756. The third kappa shape index (κ3) is 9.86. The number of nitrogens with zero attached hydrogens (tertiary/aromatic N) is 1. The quantitative estimate of drug-likeness (QED) is 0.280. The molecule has 0 spiro atoms. The predicted octanol–water partition coefficient (Wildman–Crippen LogP) is 0.568. The molecule has 0 heterocycles. The summed E-state index contributed by atoms with van der Waals surface area (Å²) in [5.74, 6) is 1.20. The molecule has 0 rings (SSSR count). The van der Waals surface area contributed by atoms with Crippen LogP contribution in [0.5, 0.6) is 0 Å². The third-order valence-electron chi connectivity index (χ3n) is 0.621. The molecule has 0 amide bonds. The van der Waals surface area contributed by atoms with Crippen LogP contribution in [0.15, 0.2) is 0 Å². The fourth-order valence-corrected chi connectivity index (χ4v) is 1.89. The molecule has 0 aromatic rings. The van der Waals surface area contributed by atoms with Gasteiger partial charge in [0.1, 0.15) is 6.61 Å². The fourth-order valence-electron chi connectivity index (χ4n) is 0.301. The summed E-state index contributed by atoms with van der Waals surface area (Å²) in [6, 6.07) is 0. The summed E-state index contributed by atoms with van der Waals surface area (Å²) in [5, 5.41) is 17.1. The Kier molecular flexibility index (Phi) is 7.86. The molecule has 0 bridgehead atoms. The van der Waals surface area contributed by atoms with E-state index in [1.54, 1.807) is 0 Å². The van der Waals surface area contributed by atoms with E-state index in [9.17, 15) is 10.1 Å². The number of hydrogen-bond donors (Lipinski definition) is 1. The van der Waals surface area contributed by atoms with E-state index in [0.717, 1.165) is 0 Å². The van der Waals surface area contributed by atoms with E-state index in [1.807, 2.05) is 0 Å². The SMILES string of the molecule is O=[N+]([O-])OCCSSCCO. The number of hydrogen-bond acceptors (Lipinski definition) is 6. The van der Waals surface area contributed by atoms with E-state index in [4.69, 9.17) is 5.11 Å². The van der Waals surface area contributed by atoms with Crippen molar-refractivity contribution in [2.45, 2.75) is 0 Å². The van der Waals surface area contributed by atoms with Crippen molar-refractivity contribution in [1.82, 2.24) is 0 Å². The van der Waals surface area contributed by atoms with Gasteiger partial charge in [-0.1, -0.05) is 21.6 Å². The largest absolute Gasteiger partial charge is 0.395 e. The van der Waals surface area contributed by atoms with Crippen molar-refractivity contribution in [2.75, 3.05) is 24.7 Å². The van der Waals surface area contributed by atoms with Gasteiger partial charge < -0.3 is 9.94 Å². The molecule has 5 nitrogen and oxygen atoms in total. The molecule has 0 aliphatic rings. The Balaban J connectivity index is 2.85. The van der Waals surface area contributed by atoms with Crippen molar-refractivity contribution >= 4 is 21.6 Å². The van der Waals surface area contributed by atoms with Gasteiger partial charge in [-0.3, -0.25) is 0 Å². The molecular formula is C4H9NO4S2. The second kappa shape index (κ2) is 7.96. The van der Waals surface area contributed by atoms with Crippen LogP contribution < -0.4 is 0 Å². The van der Waals surface area contributed by atoms with Crippen molar-refractivity contribution in [3.8, 4) is 0 Å². The van der Waals surface area contributed by atoms with Gasteiger partial charge in [0.05, 0.1) is 6.61 Å². The van der Waals surface area contributed by atoms with Gasteiger partial charge in [0.2, 0.25) is 0 Å². The second-order valence-electron chi connectivity index (χ2n) is 1.42. The molecule has 11 heavy (non-hydrogen) atoms. The highest BCUT2D eigenvalue weighted by molar-refractivity contribution is 8.76. The molecule has 0 aliphatic heterocycles. The Morgan fingerprint density at radius 3 is 2.64 bits per heavy atom. The summed E-state index contributed by atoms with van der Waals surface area (Å²) in [6.07, 6.45) is 0. The summed E-state index contributed by atoms with van der Waals surface area (Å²) in [7, 11) is 2.92. The van der Waals surface area contributed by atoms with Gasteiger partial charge in [0.25, 0.3) is 5.09 Å². The van der Waals surface area contributed by atoms with Gasteiger partial charge >= 0.3 is 0 Å². The maximum atomic E-state index is 9.62. The molecule has 0 fully saturated rings. The van der Waals surface area contributed by atoms with E-state index < -0.39 is 5.09 Å². The Labute approximate surface area is 72.0 Å². The molecule has 0 radical (unpaired) electrons. The smallest absolute Gasteiger partial charge is 0.294 e. The third-order valence-corrected chi connectivity index (χ3v) is 2.97. The van der Waals surface area contributed by atoms with Crippen LogP contribution in [0.1, 0.15) is 0 Å². The zero-order valence-electron chi connectivity index (χ0n) is 5.76. The fraction of sp³-hybridized carbons (Fsp3) is 1.00. The summed E-state index contributed by atoms with van der Waals surface area (Å²) < 4.78 is 0. The summed E-state index contributed by atoms with van der Waals surface area (Å²) in [4.78, 5) is 13.7. The van der Waals surface area contributed by atoms with Crippen LogP contribution in [0.25, 0.3) is 0 Å². The lowest BCUT2D eigenvalue weighted by Gasteiger charge is -1.97. The topological polar surface area (TPSA) is 72.6 Å². The molecule has 0 aromatic heterocycles. The maximum absolute atomic E-state index is 9.62. The van der Waals surface area contributed by atoms with Gasteiger partial charge in [0, 0.05) is 11.5 Å². The monoisotopic (exact) mass is 199 g/mol. The number of aliphatic hydroxyl groups excluding tert-OH is 1. The Hall–Kier alpha value is -0.140.